The largest absolute Gasteiger partial charge is 0.345 e. The molecule has 0 aliphatic rings. The second-order valence-corrected chi connectivity index (χ2v) is 7.14. The molecule has 0 saturated carbocycles. The summed E-state index contributed by atoms with van der Waals surface area (Å²) in [6, 6.07) is 7.14. The SMILES string of the molecule is CC[C@@H](C)NC(=O)C(=O)N/N=C\c1cc(C)n(-c2cc(Cl)cc(Cl)c2)c1C. The van der Waals surface area contributed by atoms with Gasteiger partial charge in [0.1, 0.15) is 0 Å². The molecule has 0 unspecified atom stereocenters. The van der Waals surface area contributed by atoms with Gasteiger partial charge in [-0.2, -0.15) is 5.10 Å². The zero-order valence-electron chi connectivity index (χ0n) is 15.6. The summed E-state index contributed by atoms with van der Waals surface area (Å²) < 4.78 is 1.98. The van der Waals surface area contributed by atoms with Gasteiger partial charge in [0.25, 0.3) is 0 Å². The Morgan fingerprint density at radius 2 is 1.78 bits per heavy atom. The van der Waals surface area contributed by atoms with E-state index < -0.39 is 11.8 Å². The molecule has 144 valence electrons. The molecule has 1 aromatic heterocycles. The van der Waals surface area contributed by atoms with Gasteiger partial charge in [0, 0.05) is 38.7 Å². The van der Waals surface area contributed by atoms with Crippen LogP contribution in [0.25, 0.3) is 5.69 Å². The maximum absolute atomic E-state index is 11.8. The first kappa shape index (κ1) is 21.0. The third-order valence-electron chi connectivity index (χ3n) is 4.14. The van der Waals surface area contributed by atoms with Crippen LogP contribution in [0.1, 0.15) is 37.2 Å². The fourth-order valence-electron chi connectivity index (χ4n) is 2.59. The Balaban J connectivity index is 2.15. The van der Waals surface area contributed by atoms with Gasteiger partial charge < -0.3 is 9.88 Å². The molecule has 0 fully saturated rings. The number of hydrazone groups is 1. The van der Waals surface area contributed by atoms with Gasteiger partial charge in [-0.15, -0.1) is 0 Å². The number of aromatic nitrogens is 1. The van der Waals surface area contributed by atoms with Crippen molar-refractivity contribution >= 4 is 41.2 Å². The Hall–Kier alpha value is -2.31. The van der Waals surface area contributed by atoms with Gasteiger partial charge in [0.05, 0.1) is 6.21 Å². The number of aryl methyl sites for hydroxylation is 1. The van der Waals surface area contributed by atoms with Crippen molar-refractivity contribution in [3.63, 3.8) is 0 Å². The summed E-state index contributed by atoms with van der Waals surface area (Å²) in [4.78, 5) is 23.5. The smallest absolute Gasteiger partial charge is 0.329 e. The van der Waals surface area contributed by atoms with E-state index in [1.54, 1.807) is 6.07 Å². The molecule has 2 N–H and O–H groups in total. The predicted octanol–water partition coefficient (Wildman–Crippen LogP) is 3.77. The lowest BCUT2D eigenvalue weighted by molar-refractivity contribution is -0.139. The van der Waals surface area contributed by atoms with Crippen LogP contribution in [-0.4, -0.2) is 28.6 Å². The summed E-state index contributed by atoms with van der Waals surface area (Å²) in [5.41, 5.74) is 5.72. The Kier molecular flexibility index (Phi) is 7.05. The lowest BCUT2D eigenvalue weighted by atomic mass is 10.2. The summed E-state index contributed by atoms with van der Waals surface area (Å²) in [5.74, 6) is -1.51. The molecular formula is C19H22Cl2N4O2. The Morgan fingerprint density at radius 1 is 1.15 bits per heavy atom. The first-order valence-electron chi connectivity index (χ1n) is 8.52. The van der Waals surface area contributed by atoms with Crippen LogP contribution in [0.5, 0.6) is 0 Å². The average Bonchev–Trinajstić information content (AvgIpc) is 2.87. The summed E-state index contributed by atoms with van der Waals surface area (Å²) >= 11 is 12.2. The number of amides is 2. The second-order valence-electron chi connectivity index (χ2n) is 6.27. The minimum absolute atomic E-state index is 0.0734. The Labute approximate surface area is 168 Å². The minimum Gasteiger partial charge on any atom is -0.345 e. The van der Waals surface area contributed by atoms with Crippen LogP contribution in [0.3, 0.4) is 0 Å². The molecule has 2 amide bonds. The highest BCUT2D eigenvalue weighted by Gasteiger charge is 2.15. The molecular weight excluding hydrogens is 387 g/mol. The number of hydrogen-bond acceptors (Lipinski definition) is 3. The third kappa shape index (κ3) is 5.34. The zero-order valence-corrected chi connectivity index (χ0v) is 17.1. The van der Waals surface area contributed by atoms with Gasteiger partial charge in [-0.05, 0) is 51.5 Å². The molecule has 1 aromatic carbocycles. The highest BCUT2D eigenvalue weighted by molar-refractivity contribution is 6.35. The number of nitrogens with one attached hydrogen (secondary N) is 2. The van der Waals surface area contributed by atoms with E-state index in [0.717, 1.165) is 29.1 Å². The molecule has 0 radical (unpaired) electrons. The van der Waals surface area contributed by atoms with E-state index in [2.05, 4.69) is 15.8 Å². The molecule has 0 bridgehead atoms. The number of halogens is 2. The molecule has 0 aliphatic heterocycles. The highest BCUT2D eigenvalue weighted by atomic mass is 35.5. The normalized spacial score (nSPS) is 12.2. The van der Waals surface area contributed by atoms with Gasteiger partial charge in [-0.1, -0.05) is 30.1 Å². The van der Waals surface area contributed by atoms with E-state index in [-0.39, 0.29) is 6.04 Å². The summed E-state index contributed by atoms with van der Waals surface area (Å²) in [7, 11) is 0. The molecule has 8 heteroatoms. The summed E-state index contributed by atoms with van der Waals surface area (Å²) in [6.45, 7) is 7.60. The maximum Gasteiger partial charge on any atom is 0.329 e. The van der Waals surface area contributed by atoms with Crippen molar-refractivity contribution in [1.29, 1.82) is 0 Å². The van der Waals surface area contributed by atoms with Crippen molar-refractivity contribution in [2.24, 2.45) is 5.10 Å². The van der Waals surface area contributed by atoms with E-state index in [1.165, 1.54) is 6.21 Å². The van der Waals surface area contributed by atoms with Crippen LogP contribution < -0.4 is 10.7 Å². The number of benzene rings is 1. The van der Waals surface area contributed by atoms with Crippen LogP contribution >= 0.6 is 23.2 Å². The summed E-state index contributed by atoms with van der Waals surface area (Å²) in [6.07, 6.45) is 2.24. The van der Waals surface area contributed by atoms with Crippen LogP contribution in [0, 0.1) is 13.8 Å². The van der Waals surface area contributed by atoms with E-state index in [1.807, 2.05) is 50.5 Å². The third-order valence-corrected chi connectivity index (χ3v) is 4.58. The number of hydrogen-bond donors (Lipinski definition) is 2. The molecule has 2 aromatic rings. The van der Waals surface area contributed by atoms with Crippen molar-refractivity contribution < 1.29 is 9.59 Å². The number of rotatable bonds is 5. The van der Waals surface area contributed by atoms with Crippen LogP contribution in [0.4, 0.5) is 0 Å². The van der Waals surface area contributed by atoms with E-state index in [9.17, 15) is 9.59 Å². The molecule has 1 heterocycles. The fraction of sp³-hybridized carbons (Fsp3) is 0.316. The van der Waals surface area contributed by atoms with E-state index >= 15 is 0 Å². The zero-order chi connectivity index (χ0) is 20.1. The van der Waals surface area contributed by atoms with Gasteiger partial charge in [-0.25, -0.2) is 5.43 Å². The first-order valence-corrected chi connectivity index (χ1v) is 9.27. The lowest BCUT2D eigenvalue weighted by Gasteiger charge is -2.10. The molecule has 6 nitrogen and oxygen atoms in total. The molecule has 1 atom stereocenters. The average molecular weight is 409 g/mol. The monoisotopic (exact) mass is 408 g/mol. The molecule has 27 heavy (non-hydrogen) atoms. The molecule has 0 aliphatic carbocycles. The van der Waals surface area contributed by atoms with E-state index in [4.69, 9.17) is 23.2 Å². The minimum atomic E-state index is -0.804. The van der Waals surface area contributed by atoms with Crippen molar-refractivity contribution in [2.75, 3.05) is 0 Å². The first-order chi connectivity index (χ1) is 12.7. The van der Waals surface area contributed by atoms with Crippen LogP contribution in [-0.2, 0) is 9.59 Å². The number of carbonyl (C=O) groups excluding carboxylic acids is 2. The quantitative estimate of drug-likeness (QED) is 0.448. The lowest BCUT2D eigenvalue weighted by Crippen LogP contribution is -2.41. The number of carbonyl (C=O) groups is 2. The Bertz CT molecular complexity index is 870. The Morgan fingerprint density at radius 3 is 2.37 bits per heavy atom. The van der Waals surface area contributed by atoms with Crippen molar-refractivity contribution in [1.82, 2.24) is 15.3 Å². The van der Waals surface area contributed by atoms with Crippen molar-refractivity contribution in [2.45, 2.75) is 40.2 Å². The van der Waals surface area contributed by atoms with Crippen molar-refractivity contribution in [3.05, 3.63) is 51.3 Å². The standard InChI is InChI=1S/C19H22Cl2N4O2/c1-5-11(2)23-18(26)19(27)24-22-10-14-6-12(3)25(13(14)4)17-8-15(20)7-16(21)9-17/h6-11H,5H2,1-4H3,(H,23,26)(H,24,27)/b22-10-/t11-/m1/s1. The fourth-order valence-corrected chi connectivity index (χ4v) is 3.10. The van der Waals surface area contributed by atoms with E-state index in [0.29, 0.717) is 10.0 Å². The van der Waals surface area contributed by atoms with Gasteiger partial charge in [0.15, 0.2) is 0 Å². The van der Waals surface area contributed by atoms with Crippen molar-refractivity contribution in [3.8, 4) is 5.69 Å². The maximum atomic E-state index is 11.8. The predicted molar refractivity (Wildman–Crippen MR) is 109 cm³/mol. The summed E-state index contributed by atoms with van der Waals surface area (Å²) in [5, 5.41) is 7.55. The molecule has 2 rings (SSSR count). The van der Waals surface area contributed by atoms with Crippen LogP contribution in [0.2, 0.25) is 10.0 Å². The highest BCUT2D eigenvalue weighted by Crippen LogP contribution is 2.25. The van der Waals surface area contributed by atoms with Crippen LogP contribution in [0.15, 0.2) is 29.4 Å². The molecule has 0 saturated heterocycles. The molecule has 0 spiro atoms. The second kappa shape index (κ2) is 9.06. The van der Waals surface area contributed by atoms with Gasteiger partial charge >= 0.3 is 11.8 Å². The number of nitrogens with zero attached hydrogens (tertiary/aromatic N) is 2. The topological polar surface area (TPSA) is 75.5 Å². The van der Waals surface area contributed by atoms with Gasteiger partial charge in [-0.3, -0.25) is 9.59 Å². The van der Waals surface area contributed by atoms with Gasteiger partial charge in [0.2, 0.25) is 0 Å².